The fourth-order valence-corrected chi connectivity index (χ4v) is 4.72. The lowest BCUT2D eigenvalue weighted by atomic mass is 10.2. The van der Waals surface area contributed by atoms with Crippen molar-refractivity contribution in [1.82, 2.24) is 4.31 Å². The molecule has 0 bridgehead atoms. The molecular formula is C19H22F2N3O3S+. The monoisotopic (exact) mass is 410 g/mol. The van der Waals surface area contributed by atoms with E-state index in [9.17, 15) is 22.0 Å². The van der Waals surface area contributed by atoms with Gasteiger partial charge in [-0.15, -0.1) is 0 Å². The van der Waals surface area contributed by atoms with Crippen molar-refractivity contribution in [3.05, 3.63) is 60.2 Å². The Hall–Kier alpha value is -2.36. The molecule has 28 heavy (non-hydrogen) atoms. The number of carbonyl (C=O) groups is 1. The molecule has 0 saturated carbocycles. The third-order valence-corrected chi connectivity index (χ3v) is 6.87. The molecule has 0 radical (unpaired) electrons. The van der Waals surface area contributed by atoms with Gasteiger partial charge in [-0.25, -0.2) is 17.2 Å². The summed E-state index contributed by atoms with van der Waals surface area (Å²) in [5.74, 6) is -1.39. The molecule has 0 aromatic heterocycles. The van der Waals surface area contributed by atoms with Crippen LogP contribution in [0.2, 0.25) is 0 Å². The van der Waals surface area contributed by atoms with E-state index >= 15 is 0 Å². The maximum Gasteiger partial charge on any atom is 0.282 e. The van der Waals surface area contributed by atoms with Gasteiger partial charge in [0, 0.05) is 5.69 Å². The number of anilines is 1. The van der Waals surface area contributed by atoms with Gasteiger partial charge in [0.15, 0.2) is 6.04 Å². The fraction of sp³-hybridized carbons (Fsp3) is 0.316. The van der Waals surface area contributed by atoms with Crippen molar-refractivity contribution in [3.63, 3.8) is 0 Å². The van der Waals surface area contributed by atoms with Gasteiger partial charge in [0.25, 0.3) is 5.91 Å². The number of piperazine rings is 1. The zero-order chi connectivity index (χ0) is 20.3. The summed E-state index contributed by atoms with van der Waals surface area (Å²) in [6.45, 7) is 2.99. The summed E-state index contributed by atoms with van der Waals surface area (Å²) in [4.78, 5) is 13.0. The largest absolute Gasteiger partial charge is 0.323 e. The predicted octanol–water partition coefficient (Wildman–Crippen LogP) is 0.881. The number of halogens is 2. The van der Waals surface area contributed by atoms with Crippen LogP contribution in [0.4, 0.5) is 14.5 Å². The maximum absolute atomic E-state index is 13.9. The lowest BCUT2D eigenvalue weighted by Gasteiger charge is -2.34. The summed E-state index contributed by atoms with van der Waals surface area (Å²) in [6.07, 6.45) is 0. The molecular weight excluding hydrogens is 388 g/mol. The highest BCUT2D eigenvalue weighted by molar-refractivity contribution is 7.89. The van der Waals surface area contributed by atoms with E-state index in [1.165, 1.54) is 46.8 Å². The van der Waals surface area contributed by atoms with Crippen LogP contribution in [0.15, 0.2) is 53.4 Å². The lowest BCUT2D eigenvalue weighted by molar-refractivity contribution is -0.917. The highest BCUT2D eigenvalue weighted by Gasteiger charge is 2.35. The quantitative estimate of drug-likeness (QED) is 0.769. The highest BCUT2D eigenvalue weighted by atomic mass is 32.2. The summed E-state index contributed by atoms with van der Waals surface area (Å²) < 4.78 is 53.4. The minimum absolute atomic E-state index is 0.195. The van der Waals surface area contributed by atoms with Crippen LogP contribution >= 0.6 is 0 Å². The van der Waals surface area contributed by atoms with Crippen molar-refractivity contribution >= 4 is 21.6 Å². The first kappa shape index (κ1) is 20.4. The summed E-state index contributed by atoms with van der Waals surface area (Å²) in [5.41, 5.74) is 0.499. The number of quaternary nitrogens is 1. The van der Waals surface area contributed by atoms with E-state index in [0.717, 1.165) is 11.0 Å². The zero-order valence-electron chi connectivity index (χ0n) is 15.4. The molecule has 2 N–H and O–H groups in total. The second kappa shape index (κ2) is 8.34. The summed E-state index contributed by atoms with van der Waals surface area (Å²) in [6, 6.07) is 10.4. The molecule has 2 aromatic carbocycles. The summed E-state index contributed by atoms with van der Waals surface area (Å²) in [5, 5.41) is 2.73. The van der Waals surface area contributed by atoms with Gasteiger partial charge in [-0.05, 0) is 43.3 Å². The Morgan fingerprint density at radius 1 is 1.07 bits per heavy atom. The molecule has 6 nitrogen and oxygen atoms in total. The Morgan fingerprint density at radius 2 is 1.68 bits per heavy atom. The molecule has 3 rings (SSSR count). The molecule has 0 unspecified atom stereocenters. The maximum atomic E-state index is 13.9. The second-order valence-electron chi connectivity index (χ2n) is 6.71. The topological polar surface area (TPSA) is 70.9 Å². The lowest BCUT2D eigenvalue weighted by Crippen LogP contribution is -3.19. The minimum Gasteiger partial charge on any atom is -0.323 e. The van der Waals surface area contributed by atoms with Gasteiger partial charge in [0.2, 0.25) is 10.0 Å². The van der Waals surface area contributed by atoms with Gasteiger partial charge < -0.3 is 10.2 Å². The van der Waals surface area contributed by atoms with Crippen LogP contribution in [0.1, 0.15) is 6.92 Å². The number of nitrogens with zero attached hydrogens (tertiary/aromatic N) is 1. The molecule has 0 spiro atoms. The molecule has 1 saturated heterocycles. The van der Waals surface area contributed by atoms with E-state index in [1.807, 2.05) is 0 Å². The average molecular weight is 410 g/mol. The second-order valence-corrected chi connectivity index (χ2v) is 8.62. The Kier molecular flexibility index (Phi) is 6.07. The molecule has 150 valence electrons. The number of benzene rings is 2. The van der Waals surface area contributed by atoms with E-state index in [4.69, 9.17) is 0 Å². The Balaban J connectivity index is 1.60. The standard InChI is InChI=1S/C19H21F2N3O3S/c1-14(19(25)22-16-8-6-15(20)7-9-16)23-10-12-24(13-11-23)28(26,27)18-5-3-2-4-17(18)21/h2-9,14H,10-13H2,1H3,(H,22,25)/p+1/t14-/m0/s1. The number of carbonyl (C=O) groups excluding carboxylic acids is 1. The van der Waals surface area contributed by atoms with Crippen molar-refractivity contribution in [2.24, 2.45) is 0 Å². The van der Waals surface area contributed by atoms with Crippen molar-refractivity contribution in [2.45, 2.75) is 17.9 Å². The van der Waals surface area contributed by atoms with E-state index in [2.05, 4.69) is 5.32 Å². The first-order chi connectivity index (χ1) is 13.3. The minimum atomic E-state index is -3.91. The molecule has 1 aliphatic heterocycles. The van der Waals surface area contributed by atoms with Gasteiger partial charge in [0.05, 0.1) is 26.2 Å². The van der Waals surface area contributed by atoms with Crippen LogP contribution in [0.25, 0.3) is 0 Å². The van der Waals surface area contributed by atoms with E-state index < -0.39 is 21.9 Å². The number of sulfonamides is 1. The van der Waals surface area contributed by atoms with Crippen LogP contribution < -0.4 is 10.2 Å². The van der Waals surface area contributed by atoms with Crippen molar-refractivity contribution < 1.29 is 26.9 Å². The summed E-state index contributed by atoms with van der Waals surface area (Å²) >= 11 is 0. The molecule has 1 aliphatic rings. The van der Waals surface area contributed by atoms with Crippen LogP contribution in [-0.2, 0) is 14.8 Å². The van der Waals surface area contributed by atoms with Crippen molar-refractivity contribution in [3.8, 4) is 0 Å². The Morgan fingerprint density at radius 3 is 2.29 bits per heavy atom. The predicted molar refractivity (Wildman–Crippen MR) is 100 cm³/mol. The van der Waals surface area contributed by atoms with Crippen LogP contribution in [0.5, 0.6) is 0 Å². The van der Waals surface area contributed by atoms with Gasteiger partial charge >= 0.3 is 0 Å². The van der Waals surface area contributed by atoms with Gasteiger partial charge in [-0.3, -0.25) is 4.79 Å². The SMILES string of the molecule is C[C@@H](C(=O)Nc1ccc(F)cc1)[NH+]1CCN(S(=O)(=O)c2ccccc2F)CC1. The summed E-state index contributed by atoms with van der Waals surface area (Å²) in [7, 11) is -3.91. The molecule has 1 atom stereocenters. The van der Waals surface area contributed by atoms with Crippen molar-refractivity contribution in [2.75, 3.05) is 31.5 Å². The molecule has 1 fully saturated rings. The van der Waals surface area contributed by atoms with Crippen LogP contribution in [-0.4, -0.2) is 50.9 Å². The zero-order valence-corrected chi connectivity index (χ0v) is 16.2. The van der Waals surface area contributed by atoms with Crippen LogP contribution in [0, 0.1) is 11.6 Å². The number of nitrogens with one attached hydrogen (secondary N) is 2. The molecule has 2 aromatic rings. The van der Waals surface area contributed by atoms with E-state index in [1.54, 1.807) is 6.92 Å². The number of hydrogen-bond acceptors (Lipinski definition) is 3. The van der Waals surface area contributed by atoms with Gasteiger partial charge in [0.1, 0.15) is 16.5 Å². The highest BCUT2D eigenvalue weighted by Crippen LogP contribution is 2.18. The number of hydrogen-bond donors (Lipinski definition) is 2. The van der Waals surface area contributed by atoms with E-state index in [-0.39, 0.29) is 29.7 Å². The third-order valence-electron chi connectivity index (χ3n) is 4.94. The Labute approximate surface area is 162 Å². The smallest absolute Gasteiger partial charge is 0.282 e. The van der Waals surface area contributed by atoms with Crippen LogP contribution in [0.3, 0.4) is 0 Å². The van der Waals surface area contributed by atoms with Gasteiger partial charge in [-0.2, -0.15) is 4.31 Å². The first-order valence-corrected chi connectivity index (χ1v) is 10.4. The number of rotatable bonds is 5. The average Bonchev–Trinajstić information content (AvgIpc) is 2.69. The third kappa shape index (κ3) is 4.37. The normalized spacial score (nSPS) is 17.2. The molecule has 1 amide bonds. The number of amides is 1. The molecule has 9 heteroatoms. The van der Waals surface area contributed by atoms with E-state index in [0.29, 0.717) is 18.8 Å². The molecule has 0 aliphatic carbocycles. The first-order valence-electron chi connectivity index (χ1n) is 8.95. The fourth-order valence-electron chi connectivity index (χ4n) is 3.21. The van der Waals surface area contributed by atoms with Gasteiger partial charge in [-0.1, -0.05) is 12.1 Å². The molecule has 1 heterocycles. The Bertz CT molecular complexity index is 943. The van der Waals surface area contributed by atoms with Crippen molar-refractivity contribution in [1.29, 1.82) is 0 Å².